The molecule has 1 aromatic rings. The molecular weight excluding hydrogens is 287 g/mol. The van der Waals surface area contributed by atoms with Crippen molar-refractivity contribution in [1.29, 1.82) is 0 Å². The second-order valence-electron chi connectivity index (χ2n) is 2.75. The second kappa shape index (κ2) is 9.64. The van der Waals surface area contributed by atoms with Crippen LogP contribution in [0, 0.1) is 0 Å². The largest absolute Gasteiger partial charge is 1.00 e. The van der Waals surface area contributed by atoms with E-state index in [1.165, 1.54) is 24.3 Å². The third kappa shape index (κ3) is 7.69. The molecule has 0 bridgehead atoms. The van der Waals surface area contributed by atoms with Crippen molar-refractivity contribution in [2.24, 2.45) is 0 Å². The Morgan fingerprint density at radius 1 is 0.842 bits per heavy atom. The molecule has 96 valence electrons. The van der Waals surface area contributed by atoms with Gasteiger partial charge in [-0.1, -0.05) is 12.1 Å². The number of carbonyl (C=O) groups is 4. The Morgan fingerprint density at radius 3 is 1.26 bits per heavy atom. The van der Waals surface area contributed by atoms with Crippen LogP contribution >= 0.6 is 0 Å². The standard InChI is InChI=1S/C8H6O4.C2H2O4.K/c9-7(10)5-3-1-2-4-6(5)8(11)12;3-1(4)2(5)6;/h1-4H,(H,9,10)(H,11,12);(H,3,4)(H,5,6);/q;;+1/p-1. The Balaban J connectivity index is 0. The number of carboxylic acid groups (broad SMARTS) is 4. The molecule has 8 nitrogen and oxygen atoms in total. The van der Waals surface area contributed by atoms with Gasteiger partial charge in [-0.25, -0.2) is 14.4 Å². The van der Waals surface area contributed by atoms with E-state index in [-0.39, 0.29) is 62.5 Å². The van der Waals surface area contributed by atoms with Crippen molar-refractivity contribution in [3.05, 3.63) is 35.4 Å². The molecule has 3 N–H and O–H groups in total. The summed E-state index contributed by atoms with van der Waals surface area (Å²) in [6.45, 7) is 0. The van der Waals surface area contributed by atoms with Crippen molar-refractivity contribution in [1.82, 2.24) is 0 Å². The predicted molar refractivity (Wildman–Crippen MR) is 53.0 cm³/mol. The topological polar surface area (TPSA) is 152 Å². The van der Waals surface area contributed by atoms with E-state index >= 15 is 0 Å². The van der Waals surface area contributed by atoms with E-state index in [0.717, 1.165) is 0 Å². The van der Waals surface area contributed by atoms with E-state index in [1.807, 2.05) is 0 Å². The SMILES string of the molecule is O=C(O)c1ccccc1C(=O)O.O=C([O-])C(=O)O.[K+]. The molecule has 0 radical (unpaired) electrons. The third-order valence-electron chi connectivity index (χ3n) is 1.56. The van der Waals surface area contributed by atoms with Gasteiger partial charge in [-0.3, -0.25) is 0 Å². The van der Waals surface area contributed by atoms with Crippen molar-refractivity contribution in [3.63, 3.8) is 0 Å². The molecule has 0 heterocycles. The van der Waals surface area contributed by atoms with Gasteiger partial charge in [0, 0.05) is 0 Å². The fraction of sp³-hybridized carbons (Fsp3) is 0. The van der Waals surface area contributed by atoms with Gasteiger partial charge in [0.1, 0.15) is 0 Å². The summed E-state index contributed by atoms with van der Waals surface area (Å²) in [5.74, 6) is -6.47. The van der Waals surface area contributed by atoms with Crippen LogP contribution in [-0.2, 0) is 9.59 Å². The normalized spacial score (nSPS) is 8.21. The molecule has 1 aromatic carbocycles. The van der Waals surface area contributed by atoms with Crippen LogP contribution in [0.25, 0.3) is 0 Å². The molecule has 0 aliphatic heterocycles. The van der Waals surface area contributed by atoms with Gasteiger partial charge in [-0.2, -0.15) is 0 Å². The number of carbonyl (C=O) groups excluding carboxylic acids is 1. The first kappa shape index (κ1) is 20.1. The molecule has 0 atom stereocenters. The quantitative estimate of drug-likeness (QED) is 0.367. The van der Waals surface area contributed by atoms with Gasteiger partial charge >= 0.3 is 69.3 Å². The van der Waals surface area contributed by atoms with Crippen LogP contribution < -0.4 is 56.5 Å². The van der Waals surface area contributed by atoms with E-state index in [1.54, 1.807) is 0 Å². The van der Waals surface area contributed by atoms with E-state index in [4.69, 9.17) is 30.0 Å². The first-order valence-electron chi connectivity index (χ1n) is 4.27. The molecule has 0 spiro atoms. The summed E-state index contributed by atoms with van der Waals surface area (Å²) in [6, 6.07) is 5.48. The molecule has 1 rings (SSSR count). The molecule has 0 unspecified atom stereocenters. The Bertz CT molecular complexity index is 451. The van der Waals surface area contributed by atoms with Gasteiger partial charge in [0.2, 0.25) is 0 Å². The van der Waals surface area contributed by atoms with Crippen LogP contribution in [0.4, 0.5) is 0 Å². The number of rotatable bonds is 2. The van der Waals surface area contributed by atoms with Crippen LogP contribution in [0.15, 0.2) is 24.3 Å². The van der Waals surface area contributed by atoms with E-state index in [2.05, 4.69) is 0 Å². The predicted octanol–water partition coefficient (Wildman–Crippen LogP) is -4.09. The molecule has 0 aliphatic rings. The fourth-order valence-electron chi connectivity index (χ4n) is 0.856. The number of hydrogen-bond acceptors (Lipinski definition) is 5. The van der Waals surface area contributed by atoms with Gasteiger partial charge in [0.25, 0.3) is 0 Å². The Labute approximate surface area is 149 Å². The molecule has 0 aromatic heterocycles. The van der Waals surface area contributed by atoms with Gasteiger partial charge in [0.05, 0.1) is 11.1 Å². The van der Waals surface area contributed by atoms with Crippen LogP contribution in [-0.4, -0.2) is 39.2 Å². The van der Waals surface area contributed by atoms with Crippen molar-refractivity contribution in [2.75, 3.05) is 0 Å². The molecule has 0 saturated heterocycles. The minimum absolute atomic E-state index is 0. The average Bonchev–Trinajstić information content (AvgIpc) is 2.29. The van der Waals surface area contributed by atoms with E-state index < -0.39 is 23.9 Å². The maximum Gasteiger partial charge on any atom is 1.00 e. The summed E-state index contributed by atoms with van der Waals surface area (Å²) in [7, 11) is 0. The first-order chi connectivity index (χ1) is 8.27. The van der Waals surface area contributed by atoms with Crippen molar-refractivity contribution in [2.45, 2.75) is 0 Å². The van der Waals surface area contributed by atoms with E-state index in [9.17, 15) is 9.59 Å². The maximum absolute atomic E-state index is 10.5. The summed E-state index contributed by atoms with van der Waals surface area (Å²) >= 11 is 0. The van der Waals surface area contributed by atoms with Gasteiger partial charge in [-0.05, 0) is 12.1 Å². The summed E-state index contributed by atoms with van der Waals surface area (Å²) in [5.41, 5.74) is -0.380. The Kier molecular flexibility index (Phi) is 10.2. The average molecular weight is 294 g/mol. The molecule has 0 saturated carbocycles. The zero-order chi connectivity index (χ0) is 14.3. The number of aromatic carboxylic acids is 2. The molecular formula is C10H7KO8. The monoisotopic (exact) mass is 294 g/mol. The zero-order valence-corrected chi connectivity index (χ0v) is 12.8. The van der Waals surface area contributed by atoms with Gasteiger partial charge in [0.15, 0.2) is 5.97 Å². The van der Waals surface area contributed by atoms with E-state index in [0.29, 0.717) is 0 Å². The van der Waals surface area contributed by atoms with Crippen molar-refractivity contribution >= 4 is 23.9 Å². The molecule has 0 aliphatic carbocycles. The zero-order valence-electron chi connectivity index (χ0n) is 9.69. The summed E-state index contributed by atoms with van der Waals surface area (Å²) in [4.78, 5) is 39.0. The van der Waals surface area contributed by atoms with Crippen LogP contribution in [0.2, 0.25) is 0 Å². The number of benzene rings is 1. The van der Waals surface area contributed by atoms with Gasteiger partial charge < -0.3 is 25.2 Å². The smallest absolute Gasteiger partial charge is 0.539 e. The maximum atomic E-state index is 10.5. The molecule has 0 amide bonds. The van der Waals surface area contributed by atoms with Gasteiger partial charge in [-0.15, -0.1) is 0 Å². The van der Waals surface area contributed by atoms with Crippen LogP contribution in [0.1, 0.15) is 20.7 Å². The number of carboxylic acids is 4. The van der Waals surface area contributed by atoms with Crippen LogP contribution in [0.3, 0.4) is 0 Å². The number of hydrogen-bond donors (Lipinski definition) is 3. The molecule has 9 heteroatoms. The summed E-state index contributed by atoms with van der Waals surface area (Å²) < 4.78 is 0. The minimum Gasteiger partial charge on any atom is -0.539 e. The van der Waals surface area contributed by atoms with Crippen molar-refractivity contribution in [3.8, 4) is 0 Å². The summed E-state index contributed by atoms with van der Waals surface area (Å²) in [5, 5.41) is 33.4. The minimum atomic E-state index is -2.07. The molecule has 0 fully saturated rings. The Morgan fingerprint density at radius 2 is 1.11 bits per heavy atom. The fourth-order valence-corrected chi connectivity index (χ4v) is 0.856. The third-order valence-corrected chi connectivity index (χ3v) is 1.56. The number of aliphatic carboxylic acids is 2. The van der Waals surface area contributed by atoms with Crippen LogP contribution in [0.5, 0.6) is 0 Å². The van der Waals surface area contributed by atoms with Crippen molar-refractivity contribution < 1.29 is 91.0 Å². The Hall–Kier alpha value is -1.26. The summed E-state index contributed by atoms with van der Waals surface area (Å²) in [6.07, 6.45) is 0. The second-order valence-corrected chi connectivity index (χ2v) is 2.75. The molecule has 19 heavy (non-hydrogen) atoms. The first-order valence-corrected chi connectivity index (χ1v) is 4.27.